The normalized spacial score (nSPS) is 16.4. The standard InChI is InChI=1S/C26H25F2N3O3/c27-21-8-6-19(14-22(21)28)26(32)29-16-23(18-7-9-24-25(15-18)34-17-33-24)31-12-10-30(11-13-31)20-4-2-1-3-5-20/h1-9,14-15,23H,10-13,16-17H2,(H,29,32)/t23-/m1/s1. The number of carbonyl (C=O) groups excluding carboxylic acids is 1. The minimum atomic E-state index is -1.04. The van der Waals surface area contributed by atoms with Crippen molar-refractivity contribution in [1.29, 1.82) is 0 Å². The van der Waals surface area contributed by atoms with E-state index in [0.717, 1.165) is 43.9 Å². The van der Waals surface area contributed by atoms with Crippen molar-refractivity contribution in [2.24, 2.45) is 0 Å². The zero-order valence-corrected chi connectivity index (χ0v) is 18.5. The fraction of sp³-hybridized carbons (Fsp3) is 0.269. The second-order valence-corrected chi connectivity index (χ2v) is 8.33. The monoisotopic (exact) mass is 465 g/mol. The van der Waals surface area contributed by atoms with Gasteiger partial charge in [0.1, 0.15) is 0 Å². The van der Waals surface area contributed by atoms with Crippen LogP contribution in [0.3, 0.4) is 0 Å². The minimum absolute atomic E-state index is 0.0808. The average molecular weight is 466 g/mol. The highest BCUT2D eigenvalue weighted by atomic mass is 19.2. The Hall–Kier alpha value is -3.65. The molecule has 5 rings (SSSR count). The van der Waals surface area contributed by atoms with E-state index in [0.29, 0.717) is 18.0 Å². The summed E-state index contributed by atoms with van der Waals surface area (Å²) in [6.45, 7) is 3.79. The number of nitrogens with one attached hydrogen (secondary N) is 1. The third kappa shape index (κ3) is 4.68. The van der Waals surface area contributed by atoms with Crippen LogP contribution in [0.5, 0.6) is 11.5 Å². The summed E-state index contributed by atoms with van der Waals surface area (Å²) in [5.74, 6) is -1.10. The molecule has 2 aliphatic rings. The molecular weight excluding hydrogens is 440 g/mol. The summed E-state index contributed by atoms with van der Waals surface area (Å²) in [5, 5.41) is 2.90. The number of nitrogens with zero attached hydrogens (tertiary/aromatic N) is 2. The largest absolute Gasteiger partial charge is 0.454 e. The van der Waals surface area contributed by atoms with Crippen LogP contribution in [0.1, 0.15) is 22.0 Å². The predicted molar refractivity (Wildman–Crippen MR) is 124 cm³/mol. The van der Waals surface area contributed by atoms with Gasteiger partial charge < -0.3 is 19.7 Å². The number of hydrogen-bond donors (Lipinski definition) is 1. The Morgan fingerprint density at radius 2 is 1.65 bits per heavy atom. The van der Waals surface area contributed by atoms with Crippen LogP contribution in [0.25, 0.3) is 0 Å². The van der Waals surface area contributed by atoms with Crippen LogP contribution in [0.4, 0.5) is 14.5 Å². The highest BCUT2D eigenvalue weighted by Crippen LogP contribution is 2.35. The molecule has 176 valence electrons. The molecular formula is C26H25F2N3O3. The molecule has 2 heterocycles. The van der Waals surface area contributed by atoms with Crippen LogP contribution in [0.2, 0.25) is 0 Å². The van der Waals surface area contributed by atoms with Crippen LogP contribution in [0, 0.1) is 11.6 Å². The Balaban J connectivity index is 1.32. The third-order valence-electron chi connectivity index (χ3n) is 6.30. The highest BCUT2D eigenvalue weighted by Gasteiger charge is 2.27. The molecule has 8 heteroatoms. The number of halogens is 2. The van der Waals surface area contributed by atoms with Gasteiger partial charge in [-0.1, -0.05) is 24.3 Å². The SMILES string of the molecule is O=C(NC[C@H](c1ccc2c(c1)OCO2)N1CCN(c2ccccc2)CC1)c1ccc(F)c(F)c1. The van der Waals surface area contributed by atoms with Crippen LogP contribution in [0.15, 0.2) is 66.7 Å². The molecule has 1 N–H and O–H groups in total. The van der Waals surface area contributed by atoms with Gasteiger partial charge in [-0.25, -0.2) is 8.78 Å². The van der Waals surface area contributed by atoms with Gasteiger partial charge in [0, 0.05) is 44.0 Å². The quantitative estimate of drug-likeness (QED) is 0.597. The predicted octanol–water partition coefficient (Wildman–Crippen LogP) is 3.99. The maximum absolute atomic E-state index is 13.6. The van der Waals surface area contributed by atoms with Gasteiger partial charge in [-0.2, -0.15) is 0 Å². The summed E-state index contributed by atoms with van der Waals surface area (Å²) in [4.78, 5) is 17.3. The molecule has 0 spiro atoms. The Bertz CT molecular complexity index is 1170. The molecule has 1 atom stereocenters. The Labute approximate surface area is 196 Å². The number of anilines is 1. The summed E-state index contributed by atoms with van der Waals surface area (Å²) in [6.07, 6.45) is 0. The number of carbonyl (C=O) groups is 1. The average Bonchev–Trinajstić information content (AvgIpc) is 3.35. The second kappa shape index (κ2) is 9.69. The summed E-state index contributed by atoms with van der Waals surface area (Å²) >= 11 is 0. The maximum atomic E-state index is 13.6. The molecule has 0 unspecified atom stereocenters. The molecule has 1 amide bonds. The number of rotatable bonds is 6. The number of piperazine rings is 1. The molecule has 0 radical (unpaired) electrons. The zero-order valence-electron chi connectivity index (χ0n) is 18.5. The van der Waals surface area contributed by atoms with Gasteiger partial charge in [-0.05, 0) is 48.0 Å². The number of para-hydroxylation sites is 1. The van der Waals surface area contributed by atoms with E-state index in [1.54, 1.807) is 0 Å². The highest BCUT2D eigenvalue weighted by molar-refractivity contribution is 5.94. The molecule has 0 bridgehead atoms. The molecule has 6 nitrogen and oxygen atoms in total. The number of amides is 1. The third-order valence-corrected chi connectivity index (χ3v) is 6.30. The van der Waals surface area contributed by atoms with Crippen LogP contribution in [-0.2, 0) is 0 Å². The van der Waals surface area contributed by atoms with E-state index in [4.69, 9.17) is 9.47 Å². The van der Waals surface area contributed by atoms with Crippen LogP contribution in [-0.4, -0.2) is 50.3 Å². The summed E-state index contributed by atoms with van der Waals surface area (Å²) in [5.41, 5.74) is 2.26. The van der Waals surface area contributed by atoms with Gasteiger partial charge in [0.25, 0.3) is 5.91 Å². The topological polar surface area (TPSA) is 54.0 Å². The van der Waals surface area contributed by atoms with Gasteiger partial charge in [0.2, 0.25) is 6.79 Å². The molecule has 2 aliphatic heterocycles. The molecule has 0 aliphatic carbocycles. The van der Waals surface area contributed by atoms with E-state index < -0.39 is 17.5 Å². The second-order valence-electron chi connectivity index (χ2n) is 8.33. The van der Waals surface area contributed by atoms with Crippen molar-refractivity contribution in [2.45, 2.75) is 6.04 Å². The molecule has 0 saturated carbocycles. The lowest BCUT2D eigenvalue weighted by Crippen LogP contribution is -2.50. The van der Waals surface area contributed by atoms with Crippen molar-refractivity contribution in [3.05, 3.63) is 89.5 Å². The lowest BCUT2D eigenvalue weighted by molar-refractivity contribution is 0.0929. The summed E-state index contributed by atoms with van der Waals surface area (Å²) in [7, 11) is 0. The van der Waals surface area contributed by atoms with Crippen molar-refractivity contribution < 1.29 is 23.0 Å². The molecule has 1 fully saturated rings. The van der Waals surface area contributed by atoms with Gasteiger partial charge in [-0.3, -0.25) is 9.69 Å². The van der Waals surface area contributed by atoms with Crippen molar-refractivity contribution in [1.82, 2.24) is 10.2 Å². The number of ether oxygens (including phenoxy) is 2. The van der Waals surface area contributed by atoms with E-state index in [2.05, 4.69) is 27.2 Å². The first-order chi connectivity index (χ1) is 16.6. The van der Waals surface area contributed by atoms with E-state index in [-0.39, 0.29) is 18.4 Å². The number of hydrogen-bond acceptors (Lipinski definition) is 5. The van der Waals surface area contributed by atoms with Crippen LogP contribution < -0.4 is 19.7 Å². The lowest BCUT2D eigenvalue weighted by atomic mass is 10.0. The van der Waals surface area contributed by atoms with Gasteiger partial charge >= 0.3 is 0 Å². The lowest BCUT2D eigenvalue weighted by Gasteiger charge is -2.40. The number of fused-ring (bicyclic) bond motifs is 1. The molecule has 3 aromatic carbocycles. The molecule has 34 heavy (non-hydrogen) atoms. The van der Waals surface area contributed by atoms with Gasteiger partial charge in [0.05, 0.1) is 6.04 Å². The van der Waals surface area contributed by atoms with Gasteiger partial charge in [0.15, 0.2) is 23.1 Å². The number of benzene rings is 3. The summed E-state index contributed by atoms with van der Waals surface area (Å²) in [6, 6.07) is 19.1. The first kappa shape index (κ1) is 22.2. The minimum Gasteiger partial charge on any atom is -0.454 e. The van der Waals surface area contributed by atoms with Gasteiger partial charge in [-0.15, -0.1) is 0 Å². The van der Waals surface area contributed by atoms with Crippen molar-refractivity contribution in [3.8, 4) is 11.5 Å². The Morgan fingerprint density at radius 1 is 0.882 bits per heavy atom. The molecule has 3 aromatic rings. The van der Waals surface area contributed by atoms with Crippen LogP contribution >= 0.6 is 0 Å². The van der Waals surface area contributed by atoms with E-state index in [9.17, 15) is 13.6 Å². The first-order valence-electron chi connectivity index (χ1n) is 11.3. The Kier molecular flexibility index (Phi) is 6.31. The first-order valence-corrected chi connectivity index (χ1v) is 11.3. The Morgan fingerprint density at radius 3 is 2.41 bits per heavy atom. The van der Waals surface area contributed by atoms with Crippen molar-refractivity contribution in [2.75, 3.05) is 44.4 Å². The summed E-state index contributed by atoms with van der Waals surface area (Å²) < 4.78 is 37.9. The van der Waals surface area contributed by atoms with E-state index in [1.165, 1.54) is 11.8 Å². The molecule has 0 aromatic heterocycles. The fourth-order valence-electron chi connectivity index (χ4n) is 4.44. The fourth-order valence-corrected chi connectivity index (χ4v) is 4.44. The maximum Gasteiger partial charge on any atom is 0.251 e. The smallest absolute Gasteiger partial charge is 0.251 e. The van der Waals surface area contributed by atoms with Crippen molar-refractivity contribution in [3.63, 3.8) is 0 Å². The van der Waals surface area contributed by atoms with E-state index in [1.807, 2.05) is 36.4 Å². The zero-order chi connectivity index (χ0) is 23.5. The van der Waals surface area contributed by atoms with E-state index >= 15 is 0 Å². The molecule has 1 saturated heterocycles. The van der Waals surface area contributed by atoms with Crippen molar-refractivity contribution >= 4 is 11.6 Å².